The molecule has 0 unspecified atom stereocenters. The summed E-state index contributed by atoms with van der Waals surface area (Å²) < 4.78 is 2.33. The van der Waals surface area contributed by atoms with Crippen molar-refractivity contribution in [1.82, 2.24) is 19.7 Å². The van der Waals surface area contributed by atoms with Gasteiger partial charge >= 0.3 is 0 Å². The molecule has 4 aliphatic rings. The Morgan fingerprint density at radius 2 is 1.78 bits per heavy atom. The summed E-state index contributed by atoms with van der Waals surface area (Å²) in [6, 6.07) is 0. The maximum absolute atomic E-state index is 4.67. The molecule has 1 aromatic heterocycles. The van der Waals surface area contributed by atoms with Gasteiger partial charge in [0, 0.05) is 23.4 Å². The van der Waals surface area contributed by atoms with E-state index in [1.165, 1.54) is 55.7 Å². The molecule has 3 fully saturated rings. The molecule has 2 heterocycles. The second-order valence-corrected chi connectivity index (χ2v) is 8.63. The highest BCUT2D eigenvalue weighted by atomic mass is 15.4. The first-order valence-corrected chi connectivity index (χ1v) is 9.06. The fourth-order valence-electron chi connectivity index (χ4n) is 4.34. The van der Waals surface area contributed by atoms with Crippen molar-refractivity contribution in [1.29, 1.82) is 0 Å². The van der Waals surface area contributed by atoms with Crippen LogP contribution in [0.1, 0.15) is 70.9 Å². The number of allylic oxidation sites excluding steroid dienone is 2. The van der Waals surface area contributed by atoms with Gasteiger partial charge in [0.1, 0.15) is 5.82 Å². The normalized spacial score (nSPS) is 27.3. The lowest BCUT2D eigenvalue weighted by Gasteiger charge is -2.35. The van der Waals surface area contributed by atoms with E-state index in [0.717, 1.165) is 24.0 Å². The lowest BCUT2D eigenvalue weighted by atomic mass is 9.99. The van der Waals surface area contributed by atoms with Crippen molar-refractivity contribution in [3.8, 4) is 0 Å². The van der Waals surface area contributed by atoms with Gasteiger partial charge in [0.05, 0.1) is 5.70 Å². The zero-order valence-corrected chi connectivity index (χ0v) is 14.5. The Bertz CT molecular complexity index is 741. The van der Waals surface area contributed by atoms with Crippen LogP contribution in [-0.4, -0.2) is 26.2 Å². The third-order valence-electron chi connectivity index (χ3n) is 6.75. The number of fused-ring (bicyclic) bond motifs is 1. The van der Waals surface area contributed by atoms with Gasteiger partial charge in [0.2, 0.25) is 0 Å². The van der Waals surface area contributed by atoms with E-state index in [2.05, 4.69) is 47.0 Å². The van der Waals surface area contributed by atoms with Gasteiger partial charge in [0.15, 0.2) is 5.82 Å². The van der Waals surface area contributed by atoms with Crippen LogP contribution in [0.15, 0.2) is 12.3 Å². The van der Waals surface area contributed by atoms with E-state index in [-0.39, 0.29) is 0 Å². The number of aromatic nitrogens is 3. The minimum absolute atomic E-state index is 0.331. The average Bonchev–Trinajstić information content (AvgIpc) is 3.37. The molecule has 1 aromatic rings. The first-order valence-electron chi connectivity index (χ1n) is 9.06. The van der Waals surface area contributed by atoms with Crippen LogP contribution in [-0.2, 0) is 5.41 Å². The second kappa shape index (κ2) is 4.08. The molecule has 3 aliphatic carbocycles. The molecule has 4 nitrogen and oxygen atoms in total. The van der Waals surface area contributed by atoms with Crippen LogP contribution in [0, 0.1) is 11.3 Å². The highest BCUT2D eigenvalue weighted by Crippen LogP contribution is 2.62. The third kappa shape index (κ3) is 1.84. The van der Waals surface area contributed by atoms with E-state index in [1.807, 2.05) is 0 Å². The van der Waals surface area contributed by atoms with Gasteiger partial charge in [-0.1, -0.05) is 13.5 Å². The van der Waals surface area contributed by atoms with Gasteiger partial charge in [-0.05, 0) is 63.7 Å². The largest absolute Gasteiger partial charge is 0.341 e. The minimum Gasteiger partial charge on any atom is -0.341 e. The van der Waals surface area contributed by atoms with Crippen molar-refractivity contribution in [2.75, 3.05) is 6.54 Å². The summed E-state index contributed by atoms with van der Waals surface area (Å²) >= 11 is 0. The number of hydrogen-bond acceptors (Lipinski definition) is 3. The van der Waals surface area contributed by atoms with Crippen LogP contribution in [0.5, 0.6) is 0 Å². The zero-order chi connectivity index (χ0) is 16.0. The van der Waals surface area contributed by atoms with E-state index in [4.69, 9.17) is 0 Å². The van der Waals surface area contributed by atoms with Crippen LogP contribution < -0.4 is 0 Å². The molecule has 0 amide bonds. The lowest BCUT2D eigenvalue weighted by molar-refractivity contribution is 0.372. The Morgan fingerprint density at radius 3 is 2.35 bits per heavy atom. The predicted octanol–water partition coefficient (Wildman–Crippen LogP) is 4.01. The third-order valence-corrected chi connectivity index (χ3v) is 6.75. The SMILES string of the molecule is C=C1c2nnc(C3(C4CC4)CC3)n2C(C)=C(C)N1CC1(C)CC1. The predicted molar refractivity (Wildman–Crippen MR) is 91.3 cm³/mol. The Kier molecular flexibility index (Phi) is 2.45. The van der Waals surface area contributed by atoms with Gasteiger partial charge < -0.3 is 4.90 Å². The molecule has 0 radical (unpaired) electrons. The van der Waals surface area contributed by atoms with Gasteiger partial charge in [-0.3, -0.25) is 4.57 Å². The Morgan fingerprint density at radius 1 is 1.09 bits per heavy atom. The van der Waals surface area contributed by atoms with Crippen molar-refractivity contribution >= 4 is 11.4 Å². The fourth-order valence-corrected chi connectivity index (χ4v) is 4.34. The molecule has 5 rings (SSSR count). The van der Waals surface area contributed by atoms with Crippen LogP contribution in [0.4, 0.5) is 0 Å². The smallest absolute Gasteiger partial charge is 0.184 e. The monoisotopic (exact) mass is 310 g/mol. The highest BCUT2D eigenvalue weighted by molar-refractivity contribution is 5.69. The highest BCUT2D eigenvalue weighted by Gasteiger charge is 2.58. The number of nitrogens with zero attached hydrogens (tertiary/aromatic N) is 4. The molecule has 3 saturated carbocycles. The van der Waals surface area contributed by atoms with Crippen LogP contribution in [0.25, 0.3) is 11.4 Å². The van der Waals surface area contributed by atoms with Crippen molar-refractivity contribution in [3.63, 3.8) is 0 Å². The molecule has 0 bridgehead atoms. The quantitative estimate of drug-likeness (QED) is 0.842. The molecule has 0 atom stereocenters. The Labute approximate surface area is 138 Å². The van der Waals surface area contributed by atoms with E-state index in [1.54, 1.807) is 0 Å². The van der Waals surface area contributed by atoms with Gasteiger partial charge in [-0.15, -0.1) is 10.2 Å². The standard InChI is InChI=1S/C19H26N4/c1-12-13(2)23-16(14(3)22(12)11-18(4)7-8-18)20-21-17(23)19(9-10-19)15-5-6-15/h15H,3,5-11H2,1-2,4H3. The van der Waals surface area contributed by atoms with Gasteiger partial charge in [-0.25, -0.2) is 0 Å². The second-order valence-electron chi connectivity index (χ2n) is 8.63. The van der Waals surface area contributed by atoms with Gasteiger partial charge in [-0.2, -0.15) is 0 Å². The molecule has 0 spiro atoms. The first kappa shape index (κ1) is 13.8. The fraction of sp³-hybridized carbons (Fsp3) is 0.684. The minimum atomic E-state index is 0.331. The number of rotatable bonds is 4. The summed E-state index contributed by atoms with van der Waals surface area (Å²) in [6.07, 6.45) is 7.97. The van der Waals surface area contributed by atoms with E-state index in [0.29, 0.717) is 10.8 Å². The van der Waals surface area contributed by atoms with Crippen molar-refractivity contribution in [3.05, 3.63) is 23.9 Å². The molecular weight excluding hydrogens is 284 g/mol. The van der Waals surface area contributed by atoms with Crippen LogP contribution in [0.2, 0.25) is 0 Å². The van der Waals surface area contributed by atoms with Crippen LogP contribution >= 0.6 is 0 Å². The van der Waals surface area contributed by atoms with Crippen molar-refractivity contribution in [2.45, 2.75) is 64.7 Å². The lowest BCUT2D eigenvalue weighted by Crippen LogP contribution is -2.32. The van der Waals surface area contributed by atoms with Gasteiger partial charge in [0.25, 0.3) is 0 Å². The molecule has 0 aromatic carbocycles. The topological polar surface area (TPSA) is 34.0 Å². The summed E-state index contributed by atoms with van der Waals surface area (Å²) in [4.78, 5) is 2.38. The Balaban J connectivity index is 1.58. The maximum atomic E-state index is 4.67. The maximum Gasteiger partial charge on any atom is 0.184 e. The summed E-state index contributed by atoms with van der Waals surface area (Å²) in [5.41, 5.74) is 4.44. The Hall–Kier alpha value is -1.58. The molecule has 0 N–H and O–H groups in total. The average molecular weight is 310 g/mol. The molecule has 0 saturated heterocycles. The van der Waals surface area contributed by atoms with E-state index in [9.17, 15) is 0 Å². The molecule has 4 heteroatoms. The van der Waals surface area contributed by atoms with E-state index >= 15 is 0 Å². The molecular formula is C19H26N4. The summed E-state index contributed by atoms with van der Waals surface area (Å²) in [7, 11) is 0. The summed E-state index contributed by atoms with van der Waals surface area (Å²) in [6.45, 7) is 12.3. The summed E-state index contributed by atoms with van der Waals surface area (Å²) in [5.74, 6) is 3.03. The van der Waals surface area contributed by atoms with E-state index < -0.39 is 0 Å². The first-order chi connectivity index (χ1) is 11.0. The summed E-state index contributed by atoms with van der Waals surface area (Å²) in [5, 5.41) is 9.24. The van der Waals surface area contributed by atoms with Crippen molar-refractivity contribution in [2.24, 2.45) is 11.3 Å². The number of hydrogen-bond donors (Lipinski definition) is 0. The molecule has 122 valence electrons. The van der Waals surface area contributed by atoms with Crippen LogP contribution in [0.3, 0.4) is 0 Å². The molecule has 23 heavy (non-hydrogen) atoms. The van der Waals surface area contributed by atoms with Crippen molar-refractivity contribution < 1.29 is 0 Å². The zero-order valence-electron chi connectivity index (χ0n) is 14.5. The molecule has 1 aliphatic heterocycles.